The number of nitro benzene ring substituents is 1. The largest absolute Gasteiger partial charge is 0.360 e. The number of nitrogens with one attached hydrogen (secondary N) is 2. The molecule has 7 nitrogen and oxygen atoms in total. The molecule has 0 spiro atoms. The second-order valence-electron chi connectivity index (χ2n) is 4.04. The van der Waals surface area contributed by atoms with E-state index in [4.69, 9.17) is 28.5 Å². The molecule has 1 amide bonds. The quantitative estimate of drug-likeness (QED) is 0.198. The Morgan fingerprint density at radius 1 is 1.50 bits per heavy atom. The Morgan fingerprint density at radius 2 is 2.23 bits per heavy atom. The van der Waals surface area contributed by atoms with Crippen LogP contribution in [-0.4, -0.2) is 23.3 Å². The van der Waals surface area contributed by atoms with Gasteiger partial charge < -0.3 is 10.6 Å². The molecule has 1 aromatic carbocycles. The number of hydrogen-bond acceptors (Lipinski definition) is 5. The molecule has 0 bridgehead atoms. The summed E-state index contributed by atoms with van der Waals surface area (Å²) in [5.41, 5.74) is -0.102. The highest BCUT2D eigenvalue weighted by atomic mass is 35.5. The van der Waals surface area contributed by atoms with Crippen LogP contribution in [0, 0.1) is 21.4 Å². The molecule has 0 saturated carbocycles. The number of benzene rings is 1. The van der Waals surface area contributed by atoms with Gasteiger partial charge in [0.1, 0.15) is 16.7 Å². The highest BCUT2D eigenvalue weighted by Gasteiger charge is 2.13. The zero-order valence-electron chi connectivity index (χ0n) is 11.3. The minimum atomic E-state index is -0.624. The number of rotatable bonds is 7. The van der Waals surface area contributed by atoms with Gasteiger partial charge in [-0.2, -0.15) is 5.26 Å². The summed E-state index contributed by atoms with van der Waals surface area (Å²) in [5.74, 6) is -0.151. The van der Waals surface area contributed by atoms with Crippen LogP contribution in [0.5, 0.6) is 0 Å². The molecular weight excluding hydrogens is 331 g/mol. The summed E-state index contributed by atoms with van der Waals surface area (Å²) in [5, 5.41) is 24.9. The average molecular weight is 343 g/mol. The van der Waals surface area contributed by atoms with E-state index in [0.717, 1.165) is 0 Å². The molecule has 0 aliphatic heterocycles. The molecule has 0 aliphatic rings. The predicted molar refractivity (Wildman–Crippen MR) is 83.8 cm³/mol. The summed E-state index contributed by atoms with van der Waals surface area (Å²) in [6.07, 6.45) is 1.76. The Labute approximate surface area is 136 Å². The lowest BCUT2D eigenvalue weighted by molar-refractivity contribution is -0.384. The topological polar surface area (TPSA) is 108 Å². The third kappa shape index (κ3) is 5.24. The minimum absolute atomic E-state index is 0.00106. The Bertz CT molecular complexity index is 641. The van der Waals surface area contributed by atoms with E-state index in [1.807, 2.05) is 0 Å². The monoisotopic (exact) mass is 342 g/mol. The smallest absolute Gasteiger partial charge is 0.289 e. The fraction of sp³-hybridized carbons (Fsp3) is 0.231. The highest BCUT2D eigenvalue weighted by molar-refractivity contribution is 6.32. The first-order valence-electron chi connectivity index (χ1n) is 6.14. The fourth-order valence-electron chi connectivity index (χ4n) is 1.41. The highest BCUT2D eigenvalue weighted by Crippen LogP contribution is 2.27. The van der Waals surface area contributed by atoms with Crippen LogP contribution in [0.3, 0.4) is 0 Å². The predicted octanol–water partition coefficient (Wildman–Crippen LogP) is 2.81. The number of halogens is 2. The van der Waals surface area contributed by atoms with Gasteiger partial charge in [-0.1, -0.05) is 11.6 Å². The van der Waals surface area contributed by atoms with E-state index < -0.39 is 10.8 Å². The molecule has 0 radical (unpaired) electrons. The van der Waals surface area contributed by atoms with Crippen LogP contribution in [0.1, 0.15) is 6.42 Å². The van der Waals surface area contributed by atoms with Gasteiger partial charge in [0.05, 0.1) is 4.92 Å². The number of carbonyl (C=O) groups is 1. The van der Waals surface area contributed by atoms with Crippen LogP contribution in [0.2, 0.25) is 5.02 Å². The summed E-state index contributed by atoms with van der Waals surface area (Å²) in [6.45, 7) is 0.355. The van der Waals surface area contributed by atoms with Gasteiger partial charge in [-0.15, -0.1) is 11.6 Å². The summed E-state index contributed by atoms with van der Waals surface area (Å²) in [7, 11) is 0. The van der Waals surface area contributed by atoms with Crippen molar-refractivity contribution in [1.82, 2.24) is 5.32 Å². The van der Waals surface area contributed by atoms with Crippen LogP contribution in [-0.2, 0) is 4.79 Å². The van der Waals surface area contributed by atoms with Crippen molar-refractivity contribution < 1.29 is 9.72 Å². The molecule has 9 heteroatoms. The number of nitriles is 1. The molecule has 0 fully saturated rings. The van der Waals surface area contributed by atoms with Crippen molar-refractivity contribution in [2.24, 2.45) is 0 Å². The summed E-state index contributed by atoms with van der Waals surface area (Å²) in [4.78, 5) is 21.8. The van der Waals surface area contributed by atoms with E-state index in [1.165, 1.54) is 24.4 Å². The van der Waals surface area contributed by atoms with Crippen LogP contribution < -0.4 is 10.6 Å². The molecule has 1 rings (SSSR count). The van der Waals surface area contributed by atoms with Crippen molar-refractivity contribution in [2.45, 2.75) is 6.42 Å². The van der Waals surface area contributed by atoms with Crippen LogP contribution >= 0.6 is 23.2 Å². The van der Waals surface area contributed by atoms with Gasteiger partial charge in [-0.3, -0.25) is 14.9 Å². The molecule has 0 saturated heterocycles. The third-order valence-corrected chi connectivity index (χ3v) is 3.07. The molecule has 2 N–H and O–H groups in total. The number of carbonyl (C=O) groups excluding carboxylic acids is 1. The van der Waals surface area contributed by atoms with Crippen LogP contribution in [0.25, 0.3) is 0 Å². The van der Waals surface area contributed by atoms with Gasteiger partial charge in [-0.05, 0) is 18.6 Å². The van der Waals surface area contributed by atoms with Gasteiger partial charge in [0, 0.05) is 30.4 Å². The third-order valence-electron chi connectivity index (χ3n) is 2.49. The molecule has 0 heterocycles. The van der Waals surface area contributed by atoms with E-state index >= 15 is 0 Å². The Hall–Kier alpha value is -2.30. The zero-order chi connectivity index (χ0) is 16.5. The Morgan fingerprint density at radius 3 is 2.82 bits per heavy atom. The Kier molecular flexibility index (Phi) is 7.16. The number of amides is 1. The van der Waals surface area contributed by atoms with E-state index in [1.54, 1.807) is 6.07 Å². The first-order valence-corrected chi connectivity index (χ1v) is 7.05. The SMILES string of the molecule is N#C/C(=C/Nc1ccc(Cl)c([N+](=O)[O-])c1)C(=O)NCCCCl. The van der Waals surface area contributed by atoms with Crippen molar-refractivity contribution in [2.75, 3.05) is 17.7 Å². The average Bonchev–Trinajstić information content (AvgIpc) is 2.49. The molecule has 0 atom stereocenters. The lowest BCUT2D eigenvalue weighted by Crippen LogP contribution is -2.26. The van der Waals surface area contributed by atoms with Crippen LogP contribution in [0.4, 0.5) is 11.4 Å². The van der Waals surface area contributed by atoms with Gasteiger partial charge >= 0.3 is 0 Å². The van der Waals surface area contributed by atoms with E-state index in [2.05, 4.69) is 10.6 Å². The first kappa shape index (κ1) is 17.8. The van der Waals surface area contributed by atoms with Crippen molar-refractivity contribution in [1.29, 1.82) is 5.26 Å². The summed E-state index contributed by atoms with van der Waals surface area (Å²) >= 11 is 11.2. The lowest BCUT2D eigenvalue weighted by Gasteiger charge is -2.04. The molecule has 0 unspecified atom stereocenters. The normalized spacial score (nSPS) is 10.7. The summed E-state index contributed by atoms with van der Waals surface area (Å²) in [6, 6.07) is 5.79. The molecule has 116 valence electrons. The summed E-state index contributed by atoms with van der Waals surface area (Å²) < 4.78 is 0. The minimum Gasteiger partial charge on any atom is -0.360 e. The zero-order valence-corrected chi connectivity index (χ0v) is 12.8. The molecule has 1 aromatic rings. The number of nitro groups is 1. The van der Waals surface area contributed by atoms with Crippen molar-refractivity contribution >= 4 is 40.5 Å². The molecule has 0 aliphatic carbocycles. The van der Waals surface area contributed by atoms with Crippen molar-refractivity contribution in [3.8, 4) is 6.07 Å². The van der Waals surface area contributed by atoms with Gasteiger partial charge in [0.25, 0.3) is 11.6 Å². The second kappa shape index (κ2) is 8.87. The van der Waals surface area contributed by atoms with Gasteiger partial charge in [0.2, 0.25) is 0 Å². The number of anilines is 1. The number of alkyl halides is 1. The molecular formula is C13H12Cl2N4O3. The number of nitrogens with zero attached hydrogens (tertiary/aromatic N) is 2. The first-order chi connectivity index (χ1) is 10.5. The van der Waals surface area contributed by atoms with Gasteiger partial charge in [0.15, 0.2) is 0 Å². The number of hydrogen-bond donors (Lipinski definition) is 2. The maximum absolute atomic E-state index is 11.7. The Balaban J connectivity index is 2.80. The molecule has 0 aromatic heterocycles. The van der Waals surface area contributed by atoms with E-state index in [-0.39, 0.29) is 16.3 Å². The lowest BCUT2D eigenvalue weighted by atomic mass is 10.2. The standard InChI is InChI=1S/C13H12Cl2N4O3/c14-4-1-5-17-13(20)9(7-16)8-18-10-2-3-11(15)12(6-10)19(21)22/h2-3,6,8,18H,1,4-5H2,(H,17,20)/b9-8-. The second-order valence-corrected chi connectivity index (χ2v) is 4.82. The van der Waals surface area contributed by atoms with E-state index in [0.29, 0.717) is 24.5 Å². The fourth-order valence-corrected chi connectivity index (χ4v) is 1.73. The van der Waals surface area contributed by atoms with Crippen LogP contribution in [0.15, 0.2) is 30.0 Å². The maximum Gasteiger partial charge on any atom is 0.289 e. The maximum atomic E-state index is 11.7. The van der Waals surface area contributed by atoms with Crippen molar-refractivity contribution in [3.63, 3.8) is 0 Å². The van der Waals surface area contributed by atoms with Crippen molar-refractivity contribution in [3.05, 3.63) is 45.1 Å². The van der Waals surface area contributed by atoms with E-state index in [9.17, 15) is 14.9 Å². The van der Waals surface area contributed by atoms with Gasteiger partial charge in [-0.25, -0.2) is 0 Å². The molecule has 22 heavy (non-hydrogen) atoms.